The lowest BCUT2D eigenvalue weighted by molar-refractivity contribution is -0.159. The van der Waals surface area contributed by atoms with Crippen LogP contribution in [0.1, 0.15) is 27.7 Å². The number of rotatable bonds is 13. The van der Waals surface area contributed by atoms with Crippen LogP contribution in [0.2, 0.25) is 0 Å². The SMILES string of the molecule is CCOC(=O)C(=CNc1cccc(NC=CC(C(=O)OCC)C(=O)OCC)c1)C(=O)OCC. The molecule has 0 aliphatic carbocycles. The van der Waals surface area contributed by atoms with Gasteiger partial charge in [-0.1, -0.05) is 6.07 Å². The number of ether oxygens (including phenoxy) is 4. The lowest BCUT2D eigenvalue weighted by Gasteiger charge is -2.11. The van der Waals surface area contributed by atoms with Crippen LogP contribution in [-0.4, -0.2) is 50.3 Å². The molecule has 1 aromatic carbocycles. The number of nitrogens with one attached hydrogen (secondary N) is 2. The second kappa shape index (κ2) is 15.1. The van der Waals surface area contributed by atoms with Crippen LogP contribution in [0.5, 0.6) is 0 Å². The highest BCUT2D eigenvalue weighted by atomic mass is 16.6. The first-order chi connectivity index (χ1) is 15.9. The van der Waals surface area contributed by atoms with Crippen molar-refractivity contribution >= 4 is 35.3 Å². The van der Waals surface area contributed by atoms with E-state index in [1.165, 1.54) is 18.5 Å². The van der Waals surface area contributed by atoms with Gasteiger partial charge in [-0.05, 0) is 58.2 Å². The molecule has 0 radical (unpaired) electrons. The first-order valence-electron chi connectivity index (χ1n) is 10.5. The summed E-state index contributed by atoms with van der Waals surface area (Å²) in [5.41, 5.74) is 0.875. The van der Waals surface area contributed by atoms with E-state index in [4.69, 9.17) is 18.9 Å². The molecule has 0 saturated heterocycles. The fourth-order valence-electron chi connectivity index (χ4n) is 2.43. The van der Waals surface area contributed by atoms with Gasteiger partial charge in [0, 0.05) is 17.6 Å². The minimum absolute atomic E-state index is 0.111. The van der Waals surface area contributed by atoms with Gasteiger partial charge >= 0.3 is 23.9 Å². The Morgan fingerprint density at radius 1 is 0.788 bits per heavy atom. The van der Waals surface area contributed by atoms with Gasteiger partial charge in [-0.15, -0.1) is 0 Å². The topological polar surface area (TPSA) is 129 Å². The number of carbonyl (C=O) groups excluding carboxylic acids is 4. The zero-order valence-corrected chi connectivity index (χ0v) is 19.2. The smallest absolute Gasteiger partial charge is 0.347 e. The van der Waals surface area contributed by atoms with Gasteiger partial charge in [0.15, 0.2) is 11.5 Å². The fraction of sp³-hybridized carbons (Fsp3) is 0.391. The predicted octanol–water partition coefficient (Wildman–Crippen LogP) is 2.78. The molecular formula is C23H30N2O8. The Kier molecular flexibility index (Phi) is 12.4. The van der Waals surface area contributed by atoms with E-state index in [1.807, 2.05) is 0 Å². The zero-order chi connectivity index (χ0) is 24.6. The average molecular weight is 462 g/mol. The number of hydrogen-bond acceptors (Lipinski definition) is 10. The van der Waals surface area contributed by atoms with Crippen molar-refractivity contribution in [3.8, 4) is 0 Å². The standard InChI is InChI=1S/C23H30N2O8/c1-5-30-20(26)18(21(27)31-6-2)12-13-24-16-10-9-11-17(14-16)25-15-19(22(28)32-7-3)23(29)33-8-4/h9-15,18,24-25H,5-8H2,1-4H3. The summed E-state index contributed by atoms with van der Waals surface area (Å²) < 4.78 is 19.6. The molecule has 10 nitrogen and oxygen atoms in total. The fourth-order valence-corrected chi connectivity index (χ4v) is 2.43. The largest absolute Gasteiger partial charge is 0.465 e. The van der Waals surface area contributed by atoms with Gasteiger partial charge in [0.1, 0.15) is 0 Å². The third-order valence-electron chi connectivity index (χ3n) is 3.86. The van der Waals surface area contributed by atoms with Gasteiger partial charge in [-0.2, -0.15) is 0 Å². The Hall–Kier alpha value is -3.82. The van der Waals surface area contributed by atoms with Crippen LogP contribution in [-0.2, 0) is 38.1 Å². The second-order valence-corrected chi connectivity index (χ2v) is 6.21. The van der Waals surface area contributed by atoms with Crippen molar-refractivity contribution in [1.29, 1.82) is 0 Å². The highest BCUT2D eigenvalue weighted by Gasteiger charge is 2.26. The summed E-state index contributed by atoms with van der Waals surface area (Å²) in [7, 11) is 0. The van der Waals surface area contributed by atoms with Gasteiger partial charge in [-0.3, -0.25) is 9.59 Å². The highest BCUT2D eigenvalue weighted by molar-refractivity contribution is 6.14. The summed E-state index contributed by atoms with van der Waals surface area (Å²) in [6.07, 6.45) is 3.98. The molecule has 2 N–H and O–H groups in total. The molecule has 0 aromatic heterocycles. The van der Waals surface area contributed by atoms with Gasteiger partial charge in [0.25, 0.3) is 0 Å². The first kappa shape index (κ1) is 27.2. The lowest BCUT2D eigenvalue weighted by atomic mass is 10.1. The van der Waals surface area contributed by atoms with Crippen molar-refractivity contribution in [3.63, 3.8) is 0 Å². The Bertz CT molecular complexity index is 841. The Labute approximate surface area is 192 Å². The molecule has 0 aliphatic rings. The van der Waals surface area contributed by atoms with E-state index in [9.17, 15) is 19.2 Å². The van der Waals surface area contributed by atoms with E-state index >= 15 is 0 Å². The number of anilines is 2. The molecule has 0 saturated carbocycles. The van der Waals surface area contributed by atoms with Crippen LogP contribution in [0.15, 0.2) is 48.3 Å². The van der Waals surface area contributed by atoms with Crippen molar-refractivity contribution in [1.82, 2.24) is 0 Å². The monoisotopic (exact) mass is 462 g/mol. The first-order valence-corrected chi connectivity index (χ1v) is 10.5. The van der Waals surface area contributed by atoms with Gasteiger partial charge in [-0.25, -0.2) is 9.59 Å². The number of esters is 4. The van der Waals surface area contributed by atoms with Gasteiger partial charge < -0.3 is 29.6 Å². The average Bonchev–Trinajstić information content (AvgIpc) is 2.78. The molecule has 1 aromatic rings. The molecule has 0 spiro atoms. The van der Waals surface area contributed by atoms with Crippen LogP contribution < -0.4 is 10.6 Å². The molecule has 33 heavy (non-hydrogen) atoms. The molecule has 1 rings (SSSR count). The molecule has 180 valence electrons. The lowest BCUT2D eigenvalue weighted by Crippen LogP contribution is -2.26. The van der Waals surface area contributed by atoms with E-state index in [0.717, 1.165) is 0 Å². The van der Waals surface area contributed by atoms with Crippen LogP contribution in [0.4, 0.5) is 11.4 Å². The minimum Gasteiger partial charge on any atom is -0.465 e. The molecule has 10 heteroatoms. The zero-order valence-electron chi connectivity index (χ0n) is 19.2. The van der Waals surface area contributed by atoms with E-state index in [2.05, 4.69) is 10.6 Å². The molecule has 0 heterocycles. The summed E-state index contributed by atoms with van der Waals surface area (Å²) in [5.74, 6) is -4.22. The summed E-state index contributed by atoms with van der Waals surface area (Å²) in [6.45, 7) is 7.04. The van der Waals surface area contributed by atoms with Crippen molar-refractivity contribution in [2.45, 2.75) is 27.7 Å². The molecule has 0 bridgehead atoms. The van der Waals surface area contributed by atoms with E-state index in [-0.39, 0.29) is 32.0 Å². The Morgan fingerprint density at radius 3 is 1.76 bits per heavy atom. The van der Waals surface area contributed by atoms with Crippen LogP contribution in [0.3, 0.4) is 0 Å². The Balaban J connectivity index is 2.94. The number of benzene rings is 1. The molecule has 0 fully saturated rings. The molecular weight excluding hydrogens is 432 g/mol. The molecule has 0 amide bonds. The van der Waals surface area contributed by atoms with E-state index < -0.39 is 29.8 Å². The normalized spacial score (nSPS) is 10.3. The molecule has 0 aliphatic heterocycles. The molecule has 0 unspecified atom stereocenters. The van der Waals surface area contributed by atoms with Crippen molar-refractivity contribution in [3.05, 3.63) is 48.3 Å². The van der Waals surface area contributed by atoms with Crippen molar-refractivity contribution in [2.24, 2.45) is 5.92 Å². The third kappa shape index (κ3) is 9.46. The third-order valence-corrected chi connectivity index (χ3v) is 3.86. The second-order valence-electron chi connectivity index (χ2n) is 6.21. The maximum Gasteiger partial charge on any atom is 0.347 e. The summed E-state index contributed by atoms with van der Waals surface area (Å²) in [5, 5.41) is 5.80. The molecule has 0 atom stereocenters. The number of carbonyl (C=O) groups is 4. The van der Waals surface area contributed by atoms with E-state index in [0.29, 0.717) is 11.4 Å². The van der Waals surface area contributed by atoms with E-state index in [1.54, 1.807) is 52.0 Å². The Morgan fingerprint density at radius 2 is 1.27 bits per heavy atom. The maximum atomic E-state index is 12.0. The van der Waals surface area contributed by atoms with Crippen molar-refractivity contribution < 1.29 is 38.1 Å². The quantitative estimate of drug-likeness (QED) is 0.148. The number of hydrogen-bond donors (Lipinski definition) is 2. The van der Waals surface area contributed by atoms with Crippen LogP contribution in [0, 0.1) is 5.92 Å². The predicted molar refractivity (Wildman–Crippen MR) is 121 cm³/mol. The highest BCUT2D eigenvalue weighted by Crippen LogP contribution is 2.16. The van der Waals surface area contributed by atoms with Crippen LogP contribution in [0.25, 0.3) is 0 Å². The minimum atomic E-state index is -1.20. The van der Waals surface area contributed by atoms with Crippen LogP contribution >= 0.6 is 0 Å². The summed E-state index contributed by atoms with van der Waals surface area (Å²) in [4.78, 5) is 48.1. The summed E-state index contributed by atoms with van der Waals surface area (Å²) >= 11 is 0. The van der Waals surface area contributed by atoms with Crippen molar-refractivity contribution in [2.75, 3.05) is 37.1 Å². The van der Waals surface area contributed by atoms with Gasteiger partial charge in [0.2, 0.25) is 0 Å². The maximum absolute atomic E-state index is 12.0. The summed E-state index contributed by atoms with van der Waals surface area (Å²) in [6, 6.07) is 6.84. The van der Waals surface area contributed by atoms with Gasteiger partial charge in [0.05, 0.1) is 26.4 Å².